The van der Waals surface area contributed by atoms with Crippen LogP contribution in [0.1, 0.15) is 48.0 Å². The van der Waals surface area contributed by atoms with E-state index in [4.69, 9.17) is 0 Å². The van der Waals surface area contributed by atoms with Gasteiger partial charge < -0.3 is 0 Å². The number of hydrogen-bond acceptors (Lipinski definition) is 0. The van der Waals surface area contributed by atoms with Gasteiger partial charge in [-0.05, 0) is 0 Å². The van der Waals surface area contributed by atoms with E-state index in [0.29, 0.717) is 3.63 Å². The zero-order valence-corrected chi connectivity index (χ0v) is 25.7. The van der Waals surface area contributed by atoms with Gasteiger partial charge in [-0.3, -0.25) is 0 Å². The van der Waals surface area contributed by atoms with Gasteiger partial charge in [0.25, 0.3) is 0 Å². The van der Waals surface area contributed by atoms with Crippen LogP contribution in [0, 0.1) is 0 Å². The summed E-state index contributed by atoms with van der Waals surface area (Å²) in [5.41, 5.74) is 12.0. The first-order chi connectivity index (χ1) is 17.4. The van der Waals surface area contributed by atoms with Gasteiger partial charge in [-0.1, -0.05) is 0 Å². The van der Waals surface area contributed by atoms with Gasteiger partial charge >= 0.3 is 225 Å². The Balaban J connectivity index is 1.62. The predicted octanol–water partition coefficient (Wildman–Crippen LogP) is 9.82. The summed E-state index contributed by atoms with van der Waals surface area (Å²) in [4.78, 5) is 0. The molecule has 178 valence electrons. The molecule has 0 heterocycles. The van der Waals surface area contributed by atoms with E-state index < -0.39 is 20.4 Å². The number of hydrogen-bond donors (Lipinski definition) is 0. The molecule has 0 saturated carbocycles. The topological polar surface area (TPSA) is 0 Å². The van der Waals surface area contributed by atoms with E-state index >= 15 is 0 Å². The van der Waals surface area contributed by atoms with Crippen molar-refractivity contribution in [1.82, 2.24) is 0 Å². The molecule has 1 atom stereocenters. The van der Waals surface area contributed by atoms with Crippen molar-refractivity contribution in [2.24, 2.45) is 0 Å². The van der Waals surface area contributed by atoms with Gasteiger partial charge in [0.05, 0.1) is 0 Å². The molecule has 0 nitrogen and oxygen atoms in total. The molecule has 0 aliphatic heterocycles. The van der Waals surface area contributed by atoms with Crippen LogP contribution >= 0.6 is 0 Å². The van der Waals surface area contributed by atoms with Crippen LogP contribution in [-0.4, -0.2) is 5.43 Å². The molecular formula is C34H34SiZr. The van der Waals surface area contributed by atoms with Gasteiger partial charge in [0.1, 0.15) is 0 Å². The van der Waals surface area contributed by atoms with E-state index in [2.05, 4.69) is 126 Å². The first-order valence-electron chi connectivity index (χ1n) is 13.1. The molecule has 36 heavy (non-hydrogen) atoms. The minimum atomic E-state index is -1.97. The van der Waals surface area contributed by atoms with Crippen molar-refractivity contribution in [3.05, 3.63) is 124 Å². The van der Waals surface area contributed by atoms with E-state index in [1.807, 2.05) is 0 Å². The first-order valence-corrected chi connectivity index (χ1v) is 22.2. The molecule has 0 fully saturated rings. The minimum absolute atomic E-state index is 0.389. The third-order valence-corrected chi connectivity index (χ3v) is 28.5. The van der Waals surface area contributed by atoms with E-state index in [-0.39, 0.29) is 5.43 Å². The SMILES string of the molecule is CC1=C(C)[CH]([Zr]([CH]2C=C(c3cc4ccccc4c4ccccc34)c3ccccc32)=[Si](C)C)C(C)=C1C. The predicted molar refractivity (Wildman–Crippen MR) is 156 cm³/mol. The van der Waals surface area contributed by atoms with Crippen molar-refractivity contribution >= 4 is 32.6 Å². The third kappa shape index (κ3) is 3.64. The Morgan fingerprint density at radius 1 is 0.639 bits per heavy atom. The molecule has 0 spiro atoms. The summed E-state index contributed by atoms with van der Waals surface area (Å²) in [6, 6.07) is 29.7. The second-order valence-corrected chi connectivity index (χ2v) is 28.8. The first kappa shape index (κ1) is 24.1. The van der Waals surface area contributed by atoms with E-state index in [1.165, 1.54) is 38.2 Å². The molecule has 4 aromatic rings. The van der Waals surface area contributed by atoms with Gasteiger partial charge in [-0.25, -0.2) is 0 Å². The normalized spacial score (nSPS) is 17.8. The molecule has 2 aliphatic rings. The van der Waals surface area contributed by atoms with Crippen LogP contribution in [0.15, 0.2) is 107 Å². The number of benzene rings is 4. The van der Waals surface area contributed by atoms with Crippen LogP contribution in [0.5, 0.6) is 0 Å². The Bertz CT molecular complexity index is 1670. The zero-order chi connectivity index (χ0) is 25.1. The average molecular weight is 562 g/mol. The van der Waals surface area contributed by atoms with Crippen LogP contribution in [0.25, 0.3) is 27.1 Å². The second kappa shape index (κ2) is 9.23. The average Bonchev–Trinajstić information content (AvgIpc) is 3.36. The summed E-state index contributed by atoms with van der Waals surface area (Å²) in [5, 5.41) is 5.42. The van der Waals surface area contributed by atoms with Crippen LogP contribution < -0.4 is 0 Å². The Hall–Kier alpha value is -2.28. The molecule has 0 radical (unpaired) electrons. The monoisotopic (exact) mass is 560 g/mol. The van der Waals surface area contributed by atoms with E-state index in [0.717, 1.165) is 3.63 Å². The van der Waals surface area contributed by atoms with Crippen molar-refractivity contribution in [2.45, 2.75) is 48.0 Å². The number of fused-ring (bicyclic) bond motifs is 4. The van der Waals surface area contributed by atoms with Gasteiger partial charge in [0, 0.05) is 0 Å². The molecule has 0 aromatic heterocycles. The molecular weight excluding hydrogens is 528 g/mol. The quantitative estimate of drug-likeness (QED) is 0.172. The maximum atomic E-state index is 2.73. The molecule has 2 heteroatoms. The van der Waals surface area contributed by atoms with Crippen LogP contribution in [0.2, 0.25) is 16.7 Å². The van der Waals surface area contributed by atoms with Gasteiger partial charge in [-0.2, -0.15) is 0 Å². The van der Waals surface area contributed by atoms with Crippen molar-refractivity contribution in [2.75, 3.05) is 0 Å². The molecule has 0 amide bonds. The number of rotatable bonds is 3. The fourth-order valence-corrected chi connectivity index (χ4v) is 27.3. The van der Waals surface area contributed by atoms with Crippen molar-refractivity contribution in [3.8, 4) is 0 Å². The summed E-state index contributed by atoms with van der Waals surface area (Å²) < 4.78 is 1.39. The van der Waals surface area contributed by atoms with Crippen molar-refractivity contribution in [1.29, 1.82) is 0 Å². The molecule has 2 aliphatic carbocycles. The Labute approximate surface area is 223 Å². The van der Waals surface area contributed by atoms with Gasteiger partial charge in [0.15, 0.2) is 0 Å². The summed E-state index contributed by atoms with van der Waals surface area (Å²) in [5.74, 6) is 0. The molecule has 0 N–H and O–H groups in total. The second-order valence-electron chi connectivity index (χ2n) is 10.8. The standard InChI is InChI=1S/C23H15.C9H13.C2H6Si.Zr/c1-3-9-18-16(7-1)13-14-22(18)23-15-17-8-2-4-10-19(17)20-11-5-6-12-21(20)23;1-6-5-7(2)9(4)8(6)3;1-3-2;/h1-15H;5H,1-4H3;1-2H3;. The zero-order valence-electron chi connectivity index (χ0n) is 22.2. The van der Waals surface area contributed by atoms with Crippen LogP contribution in [-0.2, 0) is 20.4 Å². The van der Waals surface area contributed by atoms with Crippen molar-refractivity contribution < 1.29 is 20.4 Å². The number of allylic oxidation sites excluding steroid dienone is 5. The van der Waals surface area contributed by atoms with Gasteiger partial charge in [0.2, 0.25) is 0 Å². The Morgan fingerprint density at radius 2 is 1.22 bits per heavy atom. The fourth-order valence-electron chi connectivity index (χ4n) is 6.72. The Kier molecular flexibility index (Phi) is 6.17. The molecule has 6 rings (SSSR count). The Morgan fingerprint density at radius 3 is 1.92 bits per heavy atom. The fraction of sp³-hybridized carbons (Fsp3) is 0.235. The summed E-state index contributed by atoms with van der Waals surface area (Å²) in [6.07, 6.45) is 2.73. The summed E-state index contributed by atoms with van der Waals surface area (Å²) in [7, 11) is 0. The summed E-state index contributed by atoms with van der Waals surface area (Å²) in [6.45, 7) is 14.8. The van der Waals surface area contributed by atoms with Crippen LogP contribution in [0.3, 0.4) is 0 Å². The van der Waals surface area contributed by atoms with E-state index in [1.54, 1.807) is 27.9 Å². The summed E-state index contributed by atoms with van der Waals surface area (Å²) >= 11 is -1.97. The molecule has 1 unspecified atom stereocenters. The molecule has 0 saturated heterocycles. The van der Waals surface area contributed by atoms with E-state index in [9.17, 15) is 0 Å². The molecule has 0 bridgehead atoms. The molecule has 4 aromatic carbocycles. The maximum absolute atomic E-state index is 2.73. The van der Waals surface area contributed by atoms with Crippen LogP contribution in [0.4, 0.5) is 0 Å². The van der Waals surface area contributed by atoms with Gasteiger partial charge in [-0.15, -0.1) is 0 Å². The van der Waals surface area contributed by atoms with Crippen molar-refractivity contribution in [3.63, 3.8) is 0 Å². The third-order valence-electron chi connectivity index (χ3n) is 8.81.